The molecule has 4 nitrogen and oxygen atoms in total. The van der Waals surface area contributed by atoms with Crippen LogP contribution in [0.3, 0.4) is 0 Å². The van der Waals surface area contributed by atoms with Gasteiger partial charge < -0.3 is 10.0 Å². The second-order valence-electron chi connectivity index (χ2n) is 5.68. The molecule has 0 rings (SSSR count). The molecule has 0 spiro atoms. The van der Waals surface area contributed by atoms with E-state index in [4.69, 9.17) is 0 Å². The molecule has 1 atom stereocenters. The summed E-state index contributed by atoms with van der Waals surface area (Å²) in [6, 6.07) is 0. The Kier molecular flexibility index (Phi) is 12.5. The van der Waals surface area contributed by atoms with Gasteiger partial charge in [-0.3, -0.25) is 9.59 Å². The van der Waals surface area contributed by atoms with Crippen LogP contribution in [0.1, 0.15) is 72.1 Å². The van der Waals surface area contributed by atoms with Crippen LogP contribution in [0.4, 0.5) is 0 Å². The van der Waals surface area contributed by atoms with Crippen molar-refractivity contribution in [2.24, 2.45) is 5.92 Å². The molecule has 0 saturated heterocycles. The predicted molar refractivity (Wildman–Crippen MR) is 90.8 cm³/mol. The first-order valence-corrected chi connectivity index (χ1v) is 8.72. The van der Waals surface area contributed by atoms with Gasteiger partial charge >= 0.3 is 5.97 Å². The van der Waals surface area contributed by atoms with Gasteiger partial charge in [0, 0.05) is 19.5 Å². The van der Waals surface area contributed by atoms with Crippen LogP contribution in [0.15, 0.2) is 12.2 Å². The molecule has 22 heavy (non-hydrogen) atoms. The normalized spacial score (nSPS) is 12.5. The maximum absolute atomic E-state index is 12.0. The number of hydrogen-bond donors (Lipinski definition) is 1. The van der Waals surface area contributed by atoms with Crippen molar-refractivity contribution in [3.05, 3.63) is 12.2 Å². The van der Waals surface area contributed by atoms with Gasteiger partial charge in [-0.15, -0.1) is 0 Å². The highest BCUT2D eigenvalue weighted by Gasteiger charge is 2.22. The summed E-state index contributed by atoms with van der Waals surface area (Å²) in [5.74, 6) is -1.42. The third kappa shape index (κ3) is 9.59. The van der Waals surface area contributed by atoms with E-state index >= 15 is 0 Å². The molecule has 0 aliphatic rings. The van der Waals surface area contributed by atoms with Gasteiger partial charge in [-0.1, -0.05) is 38.3 Å². The van der Waals surface area contributed by atoms with E-state index in [0.29, 0.717) is 19.5 Å². The predicted octanol–water partition coefficient (Wildman–Crippen LogP) is 4.25. The monoisotopic (exact) mass is 311 g/mol. The lowest BCUT2D eigenvalue weighted by Crippen LogP contribution is -2.33. The minimum absolute atomic E-state index is 0.0397. The molecule has 1 unspecified atom stereocenters. The molecule has 1 amide bonds. The number of unbranched alkanes of at least 4 members (excludes halogenated alkanes) is 4. The first-order chi connectivity index (χ1) is 10.6. The van der Waals surface area contributed by atoms with Crippen molar-refractivity contribution in [3.8, 4) is 0 Å². The Morgan fingerprint density at radius 3 is 2.18 bits per heavy atom. The number of carbonyl (C=O) groups excluding carboxylic acids is 1. The molecule has 0 aliphatic heterocycles. The molecular formula is C18H33NO3. The quantitative estimate of drug-likeness (QED) is 0.408. The average Bonchev–Trinajstić information content (AvgIpc) is 2.49. The van der Waals surface area contributed by atoms with Gasteiger partial charge in [0.25, 0.3) is 0 Å². The third-order valence-electron chi connectivity index (χ3n) is 3.96. The van der Waals surface area contributed by atoms with E-state index in [2.05, 4.69) is 19.1 Å². The Labute approximate surface area is 135 Å². The highest BCUT2D eigenvalue weighted by Crippen LogP contribution is 2.17. The van der Waals surface area contributed by atoms with Crippen molar-refractivity contribution in [2.45, 2.75) is 72.1 Å². The number of nitrogens with zero attached hydrogens (tertiary/aromatic N) is 1. The van der Waals surface area contributed by atoms with Crippen LogP contribution in [0.25, 0.3) is 0 Å². The summed E-state index contributed by atoms with van der Waals surface area (Å²) in [5, 5.41) is 9.27. The summed E-state index contributed by atoms with van der Waals surface area (Å²) in [7, 11) is 0. The van der Waals surface area contributed by atoms with Gasteiger partial charge in [0.05, 0.1) is 5.92 Å². The molecule has 0 aromatic carbocycles. The second kappa shape index (κ2) is 13.4. The SMILES string of the molecule is CC/C=C/CCCCCCC(CC(=O)N(CC)CC)C(=O)O. The van der Waals surface area contributed by atoms with Crippen LogP contribution < -0.4 is 0 Å². The largest absolute Gasteiger partial charge is 0.481 e. The standard InChI is InChI=1S/C18H33NO3/c1-4-7-8-9-10-11-12-13-14-16(18(21)22)15-17(20)19(5-2)6-3/h7-8,16H,4-6,9-15H2,1-3H3,(H,21,22)/b8-7+. The van der Waals surface area contributed by atoms with E-state index in [1.54, 1.807) is 4.90 Å². The summed E-state index contributed by atoms with van der Waals surface area (Å²) >= 11 is 0. The first kappa shape index (κ1) is 20.7. The average molecular weight is 311 g/mol. The summed E-state index contributed by atoms with van der Waals surface area (Å²) in [6.07, 6.45) is 11.5. The lowest BCUT2D eigenvalue weighted by Gasteiger charge is -2.21. The van der Waals surface area contributed by atoms with Gasteiger partial charge in [-0.2, -0.15) is 0 Å². The van der Waals surface area contributed by atoms with E-state index in [0.717, 1.165) is 38.5 Å². The summed E-state index contributed by atoms with van der Waals surface area (Å²) in [5.41, 5.74) is 0. The zero-order chi connectivity index (χ0) is 16.8. The van der Waals surface area contributed by atoms with Crippen molar-refractivity contribution in [1.29, 1.82) is 0 Å². The summed E-state index contributed by atoms with van der Waals surface area (Å²) in [4.78, 5) is 25.0. The van der Waals surface area contributed by atoms with E-state index < -0.39 is 11.9 Å². The Morgan fingerprint density at radius 2 is 1.64 bits per heavy atom. The van der Waals surface area contributed by atoms with Gasteiger partial charge in [0.15, 0.2) is 0 Å². The van der Waals surface area contributed by atoms with Crippen LogP contribution in [0.2, 0.25) is 0 Å². The lowest BCUT2D eigenvalue weighted by molar-refractivity contribution is -0.146. The van der Waals surface area contributed by atoms with E-state index in [1.807, 2.05) is 13.8 Å². The number of amides is 1. The van der Waals surface area contributed by atoms with Gasteiger partial charge in [-0.05, 0) is 39.5 Å². The van der Waals surface area contributed by atoms with E-state index in [1.165, 1.54) is 0 Å². The zero-order valence-electron chi connectivity index (χ0n) is 14.5. The first-order valence-electron chi connectivity index (χ1n) is 8.72. The molecule has 1 N–H and O–H groups in total. The topological polar surface area (TPSA) is 57.6 Å². The molecule has 0 radical (unpaired) electrons. The number of carboxylic acids is 1. The van der Waals surface area contributed by atoms with Crippen LogP contribution in [0.5, 0.6) is 0 Å². The van der Waals surface area contributed by atoms with Crippen molar-refractivity contribution in [2.75, 3.05) is 13.1 Å². The number of aliphatic carboxylic acids is 1. The maximum atomic E-state index is 12.0. The molecule has 0 fully saturated rings. The van der Waals surface area contributed by atoms with Gasteiger partial charge in [0.1, 0.15) is 0 Å². The lowest BCUT2D eigenvalue weighted by atomic mass is 9.96. The molecule has 0 saturated carbocycles. The number of carboxylic acid groups (broad SMARTS) is 1. The van der Waals surface area contributed by atoms with Crippen molar-refractivity contribution in [1.82, 2.24) is 4.90 Å². The Morgan fingerprint density at radius 1 is 1.00 bits per heavy atom. The Hall–Kier alpha value is -1.32. The highest BCUT2D eigenvalue weighted by molar-refractivity contribution is 5.82. The highest BCUT2D eigenvalue weighted by atomic mass is 16.4. The zero-order valence-corrected chi connectivity index (χ0v) is 14.5. The number of allylic oxidation sites excluding steroid dienone is 2. The van der Waals surface area contributed by atoms with E-state index in [-0.39, 0.29) is 12.3 Å². The molecule has 0 aromatic heterocycles. The molecule has 4 heteroatoms. The Bertz CT molecular complexity index is 335. The summed E-state index contributed by atoms with van der Waals surface area (Å²) < 4.78 is 0. The minimum Gasteiger partial charge on any atom is -0.481 e. The molecule has 128 valence electrons. The fourth-order valence-electron chi connectivity index (χ4n) is 2.52. The van der Waals surface area contributed by atoms with E-state index in [9.17, 15) is 14.7 Å². The van der Waals surface area contributed by atoms with Crippen molar-refractivity contribution in [3.63, 3.8) is 0 Å². The molecule has 0 aromatic rings. The second-order valence-corrected chi connectivity index (χ2v) is 5.68. The Balaban J connectivity index is 3.98. The number of carbonyl (C=O) groups is 2. The minimum atomic E-state index is -0.841. The third-order valence-corrected chi connectivity index (χ3v) is 3.96. The maximum Gasteiger partial charge on any atom is 0.307 e. The van der Waals surface area contributed by atoms with Gasteiger partial charge in [-0.25, -0.2) is 0 Å². The summed E-state index contributed by atoms with van der Waals surface area (Å²) in [6.45, 7) is 7.26. The van der Waals surface area contributed by atoms with Crippen LogP contribution in [-0.2, 0) is 9.59 Å². The molecule has 0 heterocycles. The van der Waals surface area contributed by atoms with Crippen molar-refractivity contribution < 1.29 is 14.7 Å². The fraction of sp³-hybridized carbons (Fsp3) is 0.778. The number of hydrogen-bond acceptors (Lipinski definition) is 2. The fourth-order valence-corrected chi connectivity index (χ4v) is 2.52. The van der Waals surface area contributed by atoms with Crippen molar-refractivity contribution >= 4 is 11.9 Å². The smallest absolute Gasteiger partial charge is 0.307 e. The van der Waals surface area contributed by atoms with Crippen LogP contribution in [-0.4, -0.2) is 35.0 Å². The number of rotatable bonds is 13. The molecule has 0 aliphatic carbocycles. The molecular weight excluding hydrogens is 278 g/mol. The van der Waals surface area contributed by atoms with Crippen LogP contribution >= 0.6 is 0 Å². The van der Waals surface area contributed by atoms with Gasteiger partial charge in [0.2, 0.25) is 5.91 Å². The molecule has 0 bridgehead atoms. The van der Waals surface area contributed by atoms with Crippen LogP contribution in [0, 0.1) is 5.92 Å².